The average Bonchev–Trinajstić information content (AvgIpc) is 3.50. The number of ether oxygens (including phenoxy) is 7. The second kappa shape index (κ2) is 12.4. The maximum Gasteiger partial charge on any atom is 0.342 e. The van der Waals surface area contributed by atoms with E-state index in [0.29, 0.717) is 12.0 Å². The van der Waals surface area contributed by atoms with Crippen molar-refractivity contribution in [3.8, 4) is 0 Å². The first kappa shape index (κ1) is 34.4. The minimum absolute atomic E-state index is 0.0325. The third kappa shape index (κ3) is 5.95. The summed E-state index contributed by atoms with van der Waals surface area (Å²) in [6.07, 6.45) is -4.00. The van der Waals surface area contributed by atoms with E-state index in [4.69, 9.17) is 33.2 Å². The fourth-order valence-electron chi connectivity index (χ4n) is 7.79. The molecule has 0 aromatic heterocycles. The van der Waals surface area contributed by atoms with Crippen molar-refractivity contribution >= 4 is 35.8 Å². The van der Waals surface area contributed by atoms with Crippen molar-refractivity contribution in [2.24, 2.45) is 17.3 Å². The van der Waals surface area contributed by atoms with Crippen LogP contribution in [0.2, 0.25) is 0 Å². The fraction of sp³-hybridized carbons (Fsp3) is 0.750. The molecule has 1 spiro atoms. The molecule has 250 valence electrons. The predicted molar refractivity (Wildman–Crippen MR) is 153 cm³/mol. The Kier molecular flexibility index (Phi) is 9.46. The summed E-state index contributed by atoms with van der Waals surface area (Å²) < 4.78 is 41.8. The zero-order valence-electron chi connectivity index (χ0n) is 27.3. The van der Waals surface area contributed by atoms with Crippen LogP contribution in [-0.2, 0) is 61.9 Å². The topological polar surface area (TPSA) is 170 Å². The van der Waals surface area contributed by atoms with Crippen molar-refractivity contribution in [3.63, 3.8) is 0 Å². The second-order valence-electron chi connectivity index (χ2n) is 13.0. The smallest absolute Gasteiger partial charge is 0.342 e. The highest BCUT2D eigenvalue weighted by atomic mass is 16.7. The number of hydrogen-bond acceptors (Lipinski definition) is 13. The van der Waals surface area contributed by atoms with Gasteiger partial charge in [0.2, 0.25) is 0 Å². The molecule has 0 amide bonds. The van der Waals surface area contributed by atoms with E-state index in [1.807, 2.05) is 6.92 Å². The normalized spacial score (nSPS) is 41.4. The van der Waals surface area contributed by atoms with E-state index in [1.165, 1.54) is 27.7 Å². The summed E-state index contributed by atoms with van der Waals surface area (Å²) in [5.41, 5.74) is -4.00. The van der Waals surface area contributed by atoms with Gasteiger partial charge < -0.3 is 33.2 Å². The summed E-state index contributed by atoms with van der Waals surface area (Å²) in [6, 6.07) is 0. The number of carbonyl (C=O) groups excluding carboxylic acids is 6. The molecule has 0 radical (unpaired) electrons. The minimum atomic E-state index is -1.56. The van der Waals surface area contributed by atoms with E-state index in [9.17, 15) is 28.8 Å². The Morgan fingerprint density at radius 3 is 1.93 bits per heavy atom. The number of esters is 6. The first-order chi connectivity index (χ1) is 20.9. The van der Waals surface area contributed by atoms with E-state index in [2.05, 4.69) is 0 Å². The zero-order valence-corrected chi connectivity index (χ0v) is 27.3. The number of carbonyl (C=O) groups is 6. The lowest BCUT2D eigenvalue weighted by Crippen LogP contribution is -2.67. The molecule has 4 rings (SSSR count). The molecule has 2 heterocycles. The van der Waals surface area contributed by atoms with E-state index in [1.54, 1.807) is 33.8 Å². The zero-order chi connectivity index (χ0) is 33.6. The van der Waals surface area contributed by atoms with Gasteiger partial charge in [0.25, 0.3) is 0 Å². The van der Waals surface area contributed by atoms with Gasteiger partial charge in [-0.3, -0.25) is 24.0 Å². The molecule has 0 N–H and O–H groups in total. The van der Waals surface area contributed by atoms with Crippen LogP contribution in [0.1, 0.15) is 88.0 Å². The standard InChI is InChI=1S/C32H44O13/c1-10-11-26(37)43-22-14-24(41-19(6)35)30(8)23(40-18(5)34)13-21(39-17(4)33)15(2)12-25-32(31(9,45-32)29(38)44-25)28(42-20(7)36)27(30)16(22)3/h12,16,21-25,27-28H,10-11,13-14H2,1-9H3/b15-12-/t16-,21+,22+,23-,24-,25-,27+,28-,30-,31-,32-/m0/s1. The Bertz CT molecular complexity index is 1290. The quantitative estimate of drug-likeness (QED) is 0.173. The minimum Gasteiger partial charge on any atom is -0.462 e. The van der Waals surface area contributed by atoms with Gasteiger partial charge >= 0.3 is 35.8 Å². The van der Waals surface area contributed by atoms with Gasteiger partial charge in [-0.25, -0.2) is 4.79 Å². The second-order valence-corrected chi connectivity index (χ2v) is 13.0. The van der Waals surface area contributed by atoms with Gasteiger partial charge in [-0.15, -0.1) is 0 Å². The van der Waals surface area contributed by atoms with E-state index in [0.717, 1.165) is 0 Å². The van der Waals surface area contributed by atoms with Crippen LogP contribution in [0.3, 0.4) is 0 Å². The molecule has 0 bridgehead atoms. The Morgan fingerprint density at radius 1 is 0.867 bits per heavy atom. The summed E-state index contributed by atoms with van der Waals surface area (Å²) in [7, 11) is 0. The van der Waals surface area contributed by atoms with Crippen LogP contribution in [0.5, 0.6) is 0 Å². The Hall–Kier alpha value is -3.48. The Balaban J connectivity index is 2.04. The maximum absolute atomic E-state index is 13.3. The first-order valence-electron chi connectivity index (χ1n) is 15.4. The average molecular weight is 637 g/mol. The van der Waals surface area contributed by atoms with Crippen LogP contribution >= 0.6 is 0 Å². The van der Waals surface area contributed by atoms with Crippen LogP contribution in [0.15, 0.2) is 11.6 Å². The van der Waals surface area contributed by atoms with Gasteiger partial charge in [0, 0.05) is 64.2 Å². The lowest BCUT2D eigenvalue weighted by Gasteiger charge is -2.57. The molecule has 2 saturated heterocycles. The van der Waals surface area contributed by atoms with Crippen molar-refractivity contribution in [2.75, 3.05) is 0 Å². The highest BCUT2D eigenvalue weighted by molar-refractivity contribution is 5.89. The molecular weight excluding hydrogens is 592 g/mol. The molecule has 0 aromatic rings. The molecule has 0 unspecified atom stereocenters. The molecule has 3 fully saturated rings. The van der Waals surface area contributed by atoms with Crippen LogP contribution in [0, 0.1) is 17.3 Å². The molecule has 4 aliphatic rings. The van der Waals surface area contributed by atoms with E-state index in [-0.39, 0.29) is 19.3 Å². The molecule has 13 nitrogen and oxygen atoms in total. The van der Waals surface area contributed by atoms with Gasteiger partial charge in [-0.05, 0) is 31.9 Å². The summed E-state index contributed by atoms with van der Waals surface area (Å²) in [5, 5.41) is 0. The summed E-state index contributed by atoms with van der Waals surface area (Å²) in [5.74, 6) is -5.28. The third-order valence-electron chi connectivity index (χ3n) is 9.88. The molecule has 13 heteroatoms. The molecular formula is C32H44O13. The van der Waals surface area contributed by atoms with Crippen molar-refractivity contribution in [1.29, 1.82) is 0 Å². The van der Waals surface area contributed by atoms with Crippen molar-refractivity contribution in [1.82, 2.24) is 0 Å². The molecule has 11 atom stereocenters. The lowest BCUT2D eigenvalue weighted by molar-refractivity contribution is -0.237. The highest BCUT2D eigenvalue weighted by Gasteiger charge is 2.87. The summed E-state index contributed by atoms with van der Waals surface area (Å²) in [6.45, 7) is 13.5. The highest BCUT2D eigenvalue weighted by Crippen LogP contribution is 2.66. The van der Waals surface area contributed by atoms with Crippen molar-refractivity contribution in [3.05, 3.63) is 11.6 Å². The van der Waals surface area contributed by atoms with Gasteiger partial charge in [0.05, 0.1) is 0 Å². The molecule has 45 heavy (non-hydrogen) atoms. The predicted octanol–water partition coefficient (Wildman–Crippen LogP) is 2.89. The van der Waals surface area contributed by atoms with E-state index >= 15 is 0 Å². The Labute approximate surface area is 262 Å². The summed E-state index contributed by atoms with van der Waals surface area (Å²) >= 11 is 0. The largest absolute Gasteiger partial charge is 0.462 e. The lowest BCUT2D eigenvalue weighted by atomic mass is 9.53. The SMILES string of the molecule is CCCC(=O)O[C@@H]1C[C@H](OC(C)=O)[C@@]2(C)[C@H]([C@H]1C)[C@H](OC(C)=O)[C@]13O[C@@]1(C)C(=O)O[C@H]3/C=C(/C)[C@H](OC(C)=O)C[C@@H]2OC(C)=O. The molecule has 2 aliphatic carbocycles. The monoisotopic (exact) mass is 636 g/mol. The fourth-order valence-corrected chi connectivity index (χ4v) is 7.79. The van der Waals surface area contributed by atoms with Crippen molar-refractivity contribution in [2.45, 2.75) is 136 Å². The van der Waals surface area contributed by atoms with Crippen LogP contribution in [0.4, 0.5) is 0 Å². The van der Waals surface area contributed by atoms with Crippen LogP contribution in [-0.4, -0.2) is 83.6 Å². The number of rotatable bonds is 7. The van der Waals surface area contributed by atoms with E-state index < -0.39 is 101 Å². The molecule has 0 aromatic carbocycles. The van der Waals surface area contributed by atoms with Crippen LogP contribution in [0.25, 0.3) is 0 Å². The number of hydrogen-bond donors (Lipinski definition) is 0. The summed E-state index contributed by atoms with van der Waals surface area (Å²) in [4.78, 5) is 76.6. The number of epoxide rings is 1. The molecule has 1 saturated carbocycles. The maximum atomic E-state index is 13.3. The van der Waals surface area contributed by atoms with Gasteiger partial charge in [-0.2, -0.15) is 0 Å². The van der Waals surface area contributed by atoms with Crippen molar-refractivity contribution < 1.29 is 61.9 Å². The Morgan fingerprint density at radius 2 is 1.42 bits per heavy atom. The van der Waals surface area contributed by atoms with Crippen LogP contribution < -0.4 is 0 Å². The van der Waals surface area contributed by atoms with Gasteiger partial charge in [0.15, 0.2) is 17.3 Å². The van der Waals surface area contributed by atoms with Gasteiger partial charge in [0.1, 0.15) is 30.5 Å². The number of fused-ring (bicyclic) bond motifs is 1. The first-order valence-corrected chi connectivity index (χ1v) is 15.4. The van der Waals surface area contributed by atoms with Gasteiger partial charge in [-0.1, -0.05) is 20.8 Å². The third-order valence-corrected chi connectivity index (χ3v) is 9.88. The molecule has 2 aliphatic heterocycles.